The molecule has 5 aliphatic rings. The number of ether oxygens (including phenoxy) is 3. The van der Waals surface area contributed by atoms with Gasteiger partial charge in [-0.25, -0.2) is 18.1 Å². The van der Waals surface area contributed by atoms with Crippen molar-refractivity contribution in [2.75, 3.05) is 87.7 Å². The van der Waals surface area contributed by atoms with Crippen molar-refractivity contribution in [3.05, 3.63) is 159 Å². The summed E-state index contributed by atoms with van der Waals surface area (Å²) in [4.78, 5) is 104. The van der Waals surface area contributed by atoms with Crippen molar-refractivity contribution in [1.29, 1.82) is 0 Å². The normalized spacial score (nSPS) is 17.3. The molecule has 12 rings (SSSR count). The number of nitrogens with zero attached hydrogens (tertiary/aromatic N) is 6. The Morgan fingerprint density at radius 2 is 1.59 bits per heavy atom. The van der Waals surface area contributed by atoms with Crippen LogP contribution in [0.25, 0.3) is 22.2 Å². The first kappa shape index (κ1) is 62.7. The number of aromatic amines is 1. The Morgan fingerprint density at radius 1 is 0.804 bits per heavy atom. The predicted octanol–water partition coefficient (Wildman–Crippen LogP) is 8.77. The molecule has 2 aromatic heterocycles. The van der Waals surface area contributed by atoms with Crippen molar-refractivity contribution in [2.24, 2.45) is 11.8 Å². The number of carbonyl (C=O) groups is 6. The number of carbonyl (C=O) groups excluding carboxylic acids is 6. The fourth-order valence-corrected chi connectivity index (χ4v) is 13.5. The van der Waals surface area contributed by atoms with Gasteiger partial charge in [0.15, 0.2) is 0 Å². The van der Waals surface area contributed by atoms with Gasteiger partial charge in [-0.3, -0.25) is 54.0 Å². The van der Waals surface area contributed by atoms with Crippen LogP contribution in [0.4, 0.5) is 22.7 Å². The van der Waals surface area contributed by atoms with Crippen LogP contribution in [0.15, 0.2) is 126 Å². The number of sulfonamides is 1. The van der Waals surface area contributed by atoms with Crippen LogP contribution in [-0.2, 0) is 35.7 Å². The SMILES string of the molecule is O=C1CCC(N2C(=O)c3cccc(NCCCCCC(=O)N4CC(COc5cccc(-c6ccc(Cl)cc6)c5CN5CCN(c6ccc(C(=O)NS(=O)(=O)c7ccc(NCC8CCOCC8)c([N+](=O)[O-])c7)c(Oc7cnc8[nH]ccc8c7)c6)CC5)C4)c3C2=O)C(=O)N1. The minimum absolute atomic E-state index is 0.0381. The number of piperazine rings is 1. The number of nitro benzene ring substituents is 1. The zero-order valence-corrected chi connectivity index (χ0v) is 51.8. The molecule has 0 aliphatic carbocycles. The first-order valence-corrected chi connectivity index (χ1v) is 32.7. The predicted molar refractivity (Wildman–Crippen MR) is 342 cm³/mol. The van der Waals surface area contributed by atoms with Crippen molar-refractivity contribution in [3.8, 4) is 28.4 Å². The van der Waals surface area contributed by atoms with Crippen LogP contribution < -0.4 is 35.0 Å². The van der Waals surface area contributed by atoms with Gasteiger partial charge in [0, 0.05) is 137 Å². The highest BCUT2D eigenvalue weighted by molar-refractivity contribution is 7.90. The summed E-state index contributed by atoms with van der Waals surface area (Å²) in [5.41, 5.74) is 4.83. The van der Waals surface area contributed by atoms with E-state index in [0.717, 1.165) is 63.7 Å². The first-order valence-electron chi connectivity index (χ1n) is 30.8. The quantitative estimate of drug-likeness (QED) is 0.0163. The van der Waals surface area contributed by atoms with Crippen molar-refractivity contribution in [1.82, 2.24) is 34.7 Å². The second-order valence-corrected chi connectivity index (χ2v) is 25.7. The molecule has 4 saturated heterocycles. The monoisotopic (exact) mass is 1290 g/mol. The van der Waals surface area contributed by atoms with Gasteiger partial charge in [-0.2, -0.15) is 0 Å². The van der Waals surface area contributed by atoms with Crippen molar-refractivity contribution >= 4 is 90.9 Å². The zero-order chi connectivity index (χ0) is 64.0. The lowest BCUT2D eigenvalue weighted by Crippen LogP contribution is -2.54. The van der Waals surface area contributed by atoms with Crippen LogP contribution in [0.3, 0.4) is 0 Å². The molecule has 24 nitrogen and oxygen atoms in total. The molecule has 7 heterocycles. The molecule has 5 N–H and O–H groups in total. The number of nitro groups is 1. The number of amides is 6. The molecule has 7 aromatic rings. The molecular formula is C66H68ClN11O13S. The van der Waals surface area contributed by atoms with Crippen molar-refractivity contribution in [2.45, 2.75) is 68.8 Å². The lowest BCUT2D eigenvalue weighted by atomic mass is 9.97. The summed E-state index contributed by atoms with van der Waals surface area (Å²) in [5, 5.41) is 22.2. The molecule has 0 spiro atoms. The number of hydrogen-bond acceptors (Lipinski definition) is 18. The number of H-pyrrole nitrogens is 1. The van der Waals surface area contributed by atoms with Gasteiger partial charge in [-0.1, -0.05) is 48.4 Å². The Kier molecular flexibility index (Phi) is 18.8. The number of imide groups is 2. The van der Waals surface area contributed by atoms with Crippen LogP contribution in [-0.4, -0.2) is 152 Å². The Balaban J connectivity index is 0.655. The van der Waals surface area contributed by atoms with Gasteiger partial charge < -0.3 is 39.6 Å². The van der Waals surface area contributed by atoms with E-state index in [9.17, 15) is 47.3 Å². The standard InChI is InChI=1S/C66H68ClN11O13S/c67-45-13-11-43(12-14-45)49-6-5-9-57(90-40-42-37-76(38-42)60(80)10-2-1-3-24-68-54-8-4-7-51-61(54)66(84)77(65(51)83)55-19-20-59(79)72-64(55)82)52(49)39-74-26-28-75(29-27-74)46-15-17-50(58(33-46)91-47-32-44-21-25-69-62(44)71-36-47)63(81)73-92(87,88)48-16-18-53(56(34-48)78(85)86)70-35-41-22-30-89-31-23-41/h4-9,11-18,21,25,32-34,36,41-42,55,68,70H,1-3,10,19-20,22-24,26-31,35,37-40H2,(H,69,71)(H,73,81)(H,72,79,82). The molecule has 0 bridgehead atoms. The van der Waals surface area contributed by atoms with E-state index in [-0.39, 0.29) is 58.7 Å². The van der Waals surface area contributed by atoms with E-state index in [1.807, 2.05) is 47.4 Å². The maximum absolute atomic E-state index is 14.1. The summed E-state index contributed by atoms with van der Waals surface area (Å²) in [6, 6.07) is 29.6. The molecule has 5 aliphatic heterocycles. The molecule has 0 saturated carbocycles. The van der Waals surface area contributed by atoms with Gasteiger partial charge in [-0.05, 0) is 116 Å². The topological polar surface area (TPSA) is 297 Å². The lowest BCUT2D eigenvalue weighted by Gasteiger charge is -2.39. The average molecular weight is 1290 g/mol. The molecule has 478 valence electrons. The van der Waals surface area contributed by atoms with E-state index in [4.69, 9.17) is 25.8 Å². The molecule has 26 heteroatoms. The number of piperidine rings is 1. The van der Waals surface area contributed by atoms with Gasteiger partial charge in [0.25, 0.3) is 33.4 Å². The van der Waals surface area contributed by atoms with Crippen LogP contribution >= 0.6 is 11.6 Å². The highest BCUT2D eigenvalue weighted by Gasteiger charge is 2.46. The van der Waals surface area contributed by atoms with E-state index in [0.29, 0.717) is 120 Å². The Labute approximate surface area is 535 Å². The Bertz CT molecular complexity index is 4110. The minimum Gasteiger partial charge on any atom is -0.493 e. The largest absolute Gasteiger partial charge is 0.493 e. The summed E-state index contributed by atoms with van der Waals surface area (Å²) in [5.74, 6) is -1.71. The summed E-state index contributed by atoms with van der Waals surface area (Å²) >= 11 is 6.35. The third-order valence-electron chi connectivity index (χ3n) is 17.5. The fourth-order valence-electron chi connectivity index (χ4n) is 12.4. The lowest BCUT2D eigenvalue weighted by molar-refractivity contribution is -0.384. The number of pyridine rings is 1. The number of fused-ring (bicyclic) bond motifs is 2. The van der Waals surface area contributed by atoms with Crippen LogP contribution in [0.1, 0.15) is 88.0 Å². The second kappa shape index (κ2) is 27.6. The molecule has 0 radical (unpaired) electrons. The van der Waals surface area contributed by atoms with E-state index in [1.54, 1.807) is 42.6 Å². The molecule has 6 amide bonds. The summed E-state index contributed by atoms with van der Waals surface area (Å²) < 4.78 is 48.3. The summed E-state index contributed by atoms with van der Waals surface area (Å²) in [6.45, 7) is 6.68. The number of rotatable bonds is 24. The van der Waals surface area contributed by atoms with Gasteiger partial charge >= 0.3 is 0 Å². The van der Waals surface area contributed by atoms with Gasteiger partial charge in [-0.15, -0.1) is 0 Å². The second-order valence-electron chi connectivity index (χ2n) is 23.6. The van der Waals surface area contributed by atoms with E-state index < -0.39 is 61.1 Å². The van der Waals surface area contributed by atoms with Crippen LogP contribution in [0.5, 0.6) is 17.2 Å². The van der Waals surface area contributed by atoms with Crippen LogP contribution in [0.2, 0.25) is 5.02 Å². The Morgan fingerprint density at radius 3 is 2.37 bits per heavy atom. The third kappa shape index (κ3) is 14.0. The van der Waals surface area contributed by atoms with Gasteiger partial charge in [0.05, 0.1) is 39.3 Å². The van der Waals surface area contributed by atoms with Crippen molar-refractivity contribution < 1.29 is 56.3 Å². The number of anilines is 3. The summed E-state index contributed by atoms with van der Waals surface area (Å²) in [7, 11) is -4.64. The molecule has 1 atom stereocenters. The van der Waals surface area contributed by atoms with Gasteiger partial charge in [0.1, 0.15) is 34.6 Å². The number of hydrogen-bond donors (Lipinski definition) is 5. The number of halogens is 1. The number of unbranched alkanes of at least 4 members (excludes halogenated alkanes) is 2. The van der Waals surface area contributed by atoms with E-state index >= 15 is 0 Å². The molecule has 4 fully saturated rings. The minimum atomic E-state index is -4.64. The molecule has 92 heavy (non-hydrogen) atoms. The number of benzene rings is 5. The maximum atomic E-state index is 14.1. The van der Waals surface area contributed by atoms with E-state index in [2.05, 4.69) is 46.5 Å². The highest BCUT2D eigenvalue weighted by Crippen LogP contribution is 2.38. The van der Waals surface area contributed by atoms with Crippen molar-refractivity contribution in [3.63, 3.8) is 0 Å². The fraction of sp³-hybridized carbons (Fsp3) is 0.348. The molecule has 5 aromatic carbocycles. The number of likely N-dealkylation sites (tertiary alicyclic amines) is 1. The smallest absolute Gasteiger partial charge is 0.293 e. The average Bonchev–Trinajstić information content (AvgIpc) is 1.58. The van der Waals surface area contributed by atoms with Gasteiger partial charge in [0.2, 0.25) is 17.7 Å². The molecular weight excluding hydrogens is 1220 g/mol. The summed E-state index contributed by atoms with van der Waals surface area (Å²) in [6.07, 6.45) is 7.45. The highest BCUT2D eigenvalue weighted by atomic mass is 35.5. The first-order chi connectivity index (χ1) is 44.5. The number of aromatic nitrogens is 2. The third-order valence-corrected chi connectivity index (χ3v) is 19.1. The maximum Gasteiger partial charge on any atom is 0.293 e. The zero-order valence-electron chi connectivity index (χ0n) is 50.2. The van der Waals surface area contributed by atoms with E-state index in [1.165, 1.54) is 24.4 Å². The Hall–Kier alpha value is -9.43. The number of nitrogens with one attached hydrogen (secondary N) is 5. The molecule has 1 unspecified atom stereocenters. The van der Waals surface area contributed by atoms with Crippen LogP contribution in [0, 0.1) is 22.0 Å².